The maximum absolute atomic E-state index is 13.8. The molecule has 1 N–H and O–H groups in total. The van der Waals surface area contributed by atoms with Crippen LogP contribution in [0, 0.1) is 11.7 Å². The first-order valence-electron chi connectivity index (χ1n) is 9.91. The molecule has 7 heteroatoms. The summed E-state index contributed by atoms with van der Waals surface area (Å²) in [5.41, 5.74) is 1.32. The van der Waals surface area contributed by atoms with Crippen LogP contribution < -0.4 is 5.32 Å². The van der Waals surface area contributed by atoms with Gasteiger partial charge in [0.25, 0.3) is 0 Å². The van der Waals surface area contributed by atoms with Crippen molar-refractivity contribution in [2.45, 2.75) is 39.1 Å². The smallest absolute Gasteiger partial charge is 0.242 e. The van der Waals surface area contributed by atoms with Crippen LogP contribution in [0.5, 0.6) is 0 Å². The molecule has 0 saturated heterocycles. The maximum Gasteiger partial charge on any atom is 0.242 e. The molecule has 2 aromatic rings. The van der Waals surface area contributed by atoms with Gasteiger partial charge < -0.3 is 10.2 Å². The summed E-state index contributed by atoms with van der Waals surface area (Å²) < 4.78 is 13.8. The molecule has 0 bridgehead atoms. The van der Waals surface area contributed by atoms with Gasteiger partial charge in [-0.05, 0) is 36.1 Å². The third-order valence-electron chi connectivity index (χ3n) is 4.59. The Morgan fingerprint density at radius 3 is 2.33 bits per heavy atom. The monoisotopic (exact) mass is 450 g/mol. The Labute approximate surface area is 187 Å². The first-order chi connectivity index (χ1) is 14.3. The number of hydrogen-bond donors (Lipinski definition) is 1. The van der Waals surface area contributed by atoms with Crippen molar-refractivity contribution in [3.63, 3.8) is 0 Å². The van der Waals surface area contributed by atoms with E-state index in [1.165, 1.54) is 22.7 Å². The van der Waals surface area contributed by atoms with Crippen LogP contribution in [0.3, 0.4) is 0 Å². The van der Waals surface area contributed by atoms with Crippen LogP contribution >= 0.6 is 23.4 Å². The van der Waals surface area contributed by atoms with Gasteiger partial charge in [-0.1, -0.05) is 61.8 Å². The van der Waals surface area contributed by atoms with Crippen LogP contribution in [0.4, 0.5) is 4.39 Å². The number of thioether (sulfide) groups is 1. The molecule has 4 nitrogen and oxygen atoms in total. The fourth-order valence-corrected chi connectivity index (χ4v) is 3.88. The summed E-state index contributed by atoms with van der Waals surface area (Å²) in [4.78, 5) is 27.2. The van der Waals surface area contributed by atoms with Crippen LogP contribution in [-0.2, 0) is 21.9 Å². The summed E-state index contributed by atoms with van der Waals surface area (Å²) in [6.07, 6.45) is 0. The fourth-order valence-electron chi connectivity index (χ4n) is 2.79. The van der Waals surface area contributed by atoms with Crippen LogP contribution in [-0.4, -0.2) is 35.1 Å². The predicted molar refractivity (Wildman–Crippen MR) is 122 cm³/mol. The lowest BCUT2D eigenvalue weighted by atomic mass is 10.1. The van der Waals surface area contributed by atoms with E-state index in [1.807, 2.05) is 32.0 Å². The van der Waals surface area contributed by atoms with Gasteiger partial charge in [-0.2, -0.15) is 0 Å². The summed E-state index contributed by atoms with van der Waals surface area (Å²) in [6, 6.07) is 13.1. The zero-order valence-corrected chi connectivity index (χ0v) is 19.1. The van der Waals surface area contributed by atoms with Gasteiger partial charge in [0.05, 0.1) is 5.75 Å². The number of nitrogens with one attached hydrogen (secondary N) is 1. The van der Waals surface area contributed by atoms with Crippen LogP contribution in [0.15, 0.2) is 48.5 Å². The van der Waals surface area contributed by atoms with Crippen LogP contribution in [0.1, 0.15) is 31.9 Å². The highest BCUT2D eigenvalue weighted by molar-refractivity contribution is 7.99. The van der Waals surface area contributed by atoms with Crippen molar-refractivity contribution in [1.29, 1.82) is 0 Å². The number of halogens is 2. The Morgan fingerprint density at radius 1 is 1.07 bits per heavy atom. The summed E-state index contributed by atoms with van der Waals surface area (Å²) in [5, 5.41) is 3.43. The molecule has 0 aromatic heterocycles. The third kappa shape index (κ3) is 7.33. The minimum atomic E-state index is -0.651. The molecule has 30 heavy (non-hydrogen) atoms. The van der Waals surface area contributed by atoms with Gasteiger partial charge in [-0.15, -0.1) is 11.8 Å². The van der Waals surface area contributed by atoms with E-state index in [0.29, 0.717) is 28.8 Å². The Morgan fingerprint density at radius 2 is 1.70 bits per heavy atom. The second kappa shape index (κ2) is 12.0. The first-order valence-corrected chi connectivity index (χ1v) is 11.4. The minimum absolute atomic E-state index is 0.139. The highest BCUT2D eigenvalue weighted by Crippen LogP contribution is 2.21. The highest BCUT2D eigenvalue weighted by Gasteiger charge is 2.26. The molecule has 2 rings (SSSR count). The standard InChI is InChI=1S/C23H28ClFN2O2S/c1-16(2)12-26-23(29)17(3)27(13-18-8-4-6-10-20(18)24)22(28)15-30-14-19-9-5-7-11-21(19)25/h4-11,16-17H,12-15H2,1-3H3,(H,26,29). The second-order valence-corrected chi connectivity index (χ2v) is 8.91. The summed E-state index contributed by atoms with van der Waals surface area (Å²) >= 11 is 7.60. The van der Waals surface area contributed by atoms with E-state index < -0.39 is 6.04 Å². The molecule has 0 radical (unpaired) electrons. The molecule has 0 fully saturated rings. The summed E-state index contributed by atoms with van der Waals surface area (Å²) in [5.74, 6) is 0.149. The summed E-state index contributed by atoms with van der Waals surface area (Å²) in [6.45, 7) is 6.51. The van der Waals surface area contributed by atoms with E-state index >= 15 is 0 Å². The topological polar surface area (TPSA) is 49.4 Å². The van der Waals surface area contributed by atoms with E-state index in [-0.39, 0.29) is 29.9 Å². The average Bonchev–Trinajstić information content (AvgIpc) is 2.72. The van der Waals surface area contributed by atoms with Gasteiger partial charge in [0.1, 0.15) is 11.9 Å². The summed E-state index contributed by atoms with van der Waals surface area (Å²) in [7, 11) is 0. The maximum atomic E-state index is 13.8. The Hall–Kier alpha value is -2.05. The largest absolute Gasteiger partial charge is 0.354 e. The van der Waals surface area contributed by atoms with Gasteiger partial charge in [0, 0.05) is 23.9 Å². The average molecular weight is 451 g/mol. The third-order valence-corrected chi connectivity index (χ3v) is 5.93. The number of benzene rings is 2. The van der Waals surface area contributed by atoms with Crippen LogP contribution in [0.25, 0.3) is 0 Å². The quantitative estimate of drug-likeness (QED) is 0.560. The lowest BCUT2D eigenvalue weighted by Gasteiger charge is -2.29. The van der Waals surface area contributed by atoms with Crippen molar-refractivity contribution in [2.24, 2.45) is 5.92 Å². The predicted octanol–water partition coefficient (Wildman–Crippen LogP) is 4.90. The molecule has 0 aliphatic carbocycles. The van der Waals surface area contributed by atoms with E-state index in [1.54, 1.807) is 31.2 Å². The molecule has 0 saturated carbocycles. The number of carbonyl (C=O) groups excluding carboxylic acids is 2. The van der Waals surface area contributed by atoms with E-state index in [0.717, 1.165) is 5.56 Å². The number of carbonyl (C=O) groups is 2. The first kappa shape index (κ1) is 24.2. The van der Waals surface area contributed by atoms with Gasteiger partial charge in [0.15, 0.2) is 0 Å². The molecule has 1 unspecified atom stereocenters. The second-order valence-electron chi connectivity index (χ2n) is 7.51. The van der Waals surface area contributed by atoms with E-state index in [4.69, 9.17) is 11.6 Å². The molecule has 2 amide bonds. The van der Waals surface area contributed by atoms with Crippen molar-refractivity contribution in [1.82, 2.24) is 10.2 Å². The van der Waals surface area contributed by atoms with E-state index in [2.05, 4.69) is 5.32 Å². The molecular weight excluding hydrogens is 423 g/mol. The van der Waals surface area contributed by atoms with Gasteiger partial charge in [-0.3, -0.25) is 9.59 Å². The molecule has 0 aliphatic rings. The lowest BCUT2D eigenvalue weighted by Crippen LogP contribution is -2.48. The fraction of sp³-hybridized carbons (Fsp3) is 0.391. The highest BCUT2D eigenvalue weighted by atomic mass is 35.5. The van der Waals surface area contributed by atoms with Gasteiger partial charge in [0.2, 0.25) is 11.8 Å². The molecule has 1 atom stereocenters. The normalized spacial score (nSPS) is 11.9. The number of hydrogen-bond acceptors (Lipinski definition) is 3. The molecule has 0 spiro atoms. The molecule has 0 heterocycles. The molecule has 162 valence electrons. The molecular formula is C23H28ClFN2O2S. The number of amides is 2. The molecule has 2 aromatic carbocycles. The van der Waals surface area contributed by atoms with Crippen molar-refractivity contribution < 1.29 is 14.0 Å². The van der Waals surface area contributed by atoms with Gasteiger partial charge >= 0.3 is 0 Å². The Bertz CT molecular complexity index is 863. The Kier molecular flexibility index (Phi) is 9.66. The van der Waals surface area contributed by atoms with Crippen molar-refractivity contribution >= 4 is 35.2 Å². The van der Waals surface area contributed by atoms with Crippen molar-refractivity contribution in [3.05, 3.63) is 70.5 Å². The number of rotatable bonds is 10. The van der Waals surface area contributed by atoms with Crippen molar-refractivity contribution in [2.75, 3.05) is 12.3 Å². The zero-order valence-electron chi connectivity index (χ0n) is 17.5. The van der Waals surface area contributed by atoms with Gasteiger partial charge in [-0.25, -0.2) is 4.39 Å². The molecule has 0 aliphatic heterocycles. The Balaban J connectivity index is 2.08. The zero-order chi connectivity index (χ0) is 22.1. The minimum Gasteiger partial charge on any atom is -0.354 e. The van der Waals surface area contributed by atoms with Crippen LogP contribution in [0.2, 0.25) is 5.02 Å². The SMILES string of the molecule is CC(C)CNC(=O)C(C)N(Cc1ccccc1Cl)C(=O)CSCc1ccccc1F. The van der Waals surface area contributed by atoms with E-state index in [9.17, 15) is 14.0 Å². The lowest BCUT2D eigenvalue weighted by molar-refractivity contribution is -0.138. The van der Waals surface area contributed by atoms with Crippen molar-refractivity contribution in [3.8, 4) is 0 Å². The number of nitrogens with zero attached hydrogens (tertiary/aromatic N) is 1.